The second-order valence-electron chi connectivity index (χ2n) is 3.65. The third-order valence-corrected chi connectivity index (χ3v) is 2.96. The maximum Gasteiger partial charge on any atom is 0.0336 e. The van der Waals surface area contributed by atoms with Gasteiger partial charge in [0, 0.05) is 5.38 Å². The van der Waals surface area contributed by atoms with Crippen molar-refractivity contribution in [2.75, 3.05) is 0 Å². The highest BCUT2D eigenvalue weighted by molar-refractivity contribution is 6.20. The number of rotatable bonds is 5. The Morgan fingerprint density at radius 3 is 1.91 bits per heavy atom. The molecule has 0 N–H and O–H groups in total. The smallest absolute Gasteiger partial charge is 0.0336 e. The number of hydrogen-bond acceptors (Lipinski definition) is 0. The second kappa shape index (κ2) is 5.88. The molecule has 0 aliphatic carbocycles. The van der Waals surface area contributed by atoms with Crippen molar-refractivity contribution in [3.05, 3.63) is 0 Å². The van der Waals surface area contributed by atoms with Crippen molar-refractivity contribution < 1.29 is 0 Å². The summed E-state index contributed by atoms with van der Waals surface area (Å²) in [5, 5.41) is 0.391. The molecule has 0 nitrogen and oxygen atoms in total. The van der Waals surface area contributed by atoms with E-state index in [0.717, 1.165) is 18.3 Å². The molecule has 0 aliphatic heterocycles. The normalized spacial score (nSPS) is 16.9. The van der Waals surface area contributed by atoms with Gasteiger partial charge in [0.1, 0.15) is 0 Å². The van der Waals surface area contributed by atoms with Gasteiger partial charge in [0.05, 0.1) is 0 Å². The summed E-state index contributed by atoms with van der Waals surface area (Å²) in [6.07, 6.45) is 3.55. The van der Waals surface area contributed by atoms with Crippen LogP contribution in [0.5, 0.6) is 0 Å². The lowest BCUT2D eigenvalue weighted by Crippen LogP contribution is -2.12. The summed E-state index contributed by atoms with van der Waals surface area (Å²) < 4.78 is 0. The van der Waals surface area contributed by atoms with E-state index >= 15 is 0 Å². The van der Waals surface area contributed by atoms with Crippen LogP contribution in [0.2, 0.25) is 0 Å². The Labute approximate surface area is 76.3 Å². The molecule has 0 saturated carbocycles. The molecule has 0 aliphatic rings. The van der Waals surface area contributed by atoms with Gasteiger partial charge in [-0.15, -0.1) is 11.6 Å². The maximum absolute atomic E-state index is 6.08. The average Bonchev–Trinajstić information content (AvgIpc) is 1.99. The van der Waals surface area contributed by atoms with Gasteiger partial charge in [0.25, 0.3) is 0 Å². The topological polar surface area (TPSA) is 0 Å². The summed E-state index contributed by atoms with van der Waals surface area (Å²) in [4.78, 5) is 0. The molecule has 2 unspecified atom stereocenters. The molecule has 0 aromatic carbocycles. The zero-order valence-corrected chi connectivity index (χ0v) is 8.99. The fourth-order valence-corrected chi connectivity index (χ4v) is 1.63. The molecule has 1 heteroatoms. The first-order valence-electron chi connectivity index (χ1n) is 4.75. The van der Waals surface area contributed by atoms with Gasteiger partial charge in [-0.3, -0.25) is 0 Å². The lowest BCUT2D eigenvalue weighted by Gasteiger charge is -2.20. The molecule has 0 heterocycles. The Balaban J connectivity index is 3.68. The molecule has 0 amide bonds. The summed E-state index contributed by atoms with van der Waals surface area (Å²) >= 11 is 6.08. The van der Waals surface area contributed by atoms with Crippen molar-refractivity contribution in [2.45, 2.75) is 52.3 Å². The minimum Gasteiger partial charge on any atom is -0.123 e. The van der Waals surface area contributed by atoms with Crippen LogP contribution in [0.1, 0.15) is 47.0 Å². The standard InChI is InChI=1S/C10H21Cl/c1-5-9(8(3)4)7-10(11)6-2/h8-10H,5-7H2,1-4H3. The van der Waals surface area contributed by atoms with Gasteiger partial charge in [-0.2, -0.15) is 0 Å². The van der Waals surface area contributed by atoms with Crippen LogP contribution in [0.25, 0.3) is 0 Å². The molecular formula is C10H21Cl. The van der Waals surface area contributed by atoms with E-state index in [9.17, 15) is 0 Å². The summed E-state index contributed by atoms with van der Waals surface area (Å²) in [5.74, 6) is 1.60. The quantitative estimate of drug-likeness (QED) is 0.554. The Kier molecular flexibility index (Phi) is 6.03. The van der Waals surface area contributed by atoms with Gasteiger partial charge >= 0.3 is 0 Å². The predicted octanol–water partition coefficient (Wildman–Crippen LogP) is 4.08. The second-order valence-corrected chi connectivity index (χ2v) is 4.27. The molecule has 0 spiro atoms. The minimum absolute atomic E-state index is 0.391. The number of hydrogen-bond donors (Lipinski definition) is 0. The molecule has 0 aromatic rings. The van der Waals surface area contributed by atoms with Gasteiger partial charge in [-0.05, 0) is 24.7 Å². The Morgan fingerprint density at radius 1 is 1.09 bits per heavy atom. The predicted molar refractivity (Wildman–Crippen MR) is 53.2 cm³/mol. The van der Waals surface area contributed by atoms with Crippen LogP contribution < -0.4 is 0 Å². The van der Waals surface area contributed by atoms with Gasteiger partial charge in [0.15, 0.2) is 0 Å². The first-order valence-corrected chi connectivity index (χ1v) is 5.19. The Morgan fingerprint density at radius 2 is 1.64 bits per heavy atom. The zero-order valence-electron chi connectivity index (χ0n) is 8.23. The van der Waals surface area contributed by atoms with Crippen molar-refractivity contribution in [3.63, 3.8) is 0 Å². The first kappa shape index (κ1) is 11.3. The molecule has 0 saturated heterocycles. The van der Waals surface area contributed by atoms with Gasteiger partial charge in [0.2, 0.25) is 0 Å². The van der Waals surface area contributed by atoms with E-state index in [1.54, 1.807) is 0 Å². The maximum atomic E-state index is 6.08. The van der Waals surface area contributed by atoms with Gasteiger partial charge in [-0.1, -0.05) is 34.1 Å². The van der Waals surface area contributed by atoms with Crippen molar-refractivity contribution in [1.29, 1.82) is 0 Å². The van der Waals surface area contributed by atoms with Crippen LogP contribution in [0.15, 0.2) is 0 Å². The summed E-state index contributed by atoms with van der Waals surface area (Å²) in [6.45, 7) is 8.98. The minimum atomic E-state index is 0.391. The lowest BCUT2D eigenvalue weighted by atomic mass is 9.88. The van der Waals surface area contributed by atoms with Crippen LogP contribution in [0, 0.1) is 11.8 Å². The fourth-order valence-electron chi connectivity index (χ4n) is 1.41. The molecule has 68 valence electrons. The fraction of sp³-hybridized carbons (Fsp3) is 1.00. The van der Waals surface area contributed by atoms with E-state index in [0.29, 0.717) is 5.38 Å². The summed E-state index contributed by atoms with van der Waals surface area (Å²) in [6, 6.07) is 0. The number of halogens is 1. The Bertz CT molecular complexity index is 88.9. The van der Waals surface area contributed by atoms with Crippen molar-refractivity contribution in [1.82, 2.24) is 0 Å². The van der Waals surface area contributed by atoms with E-state index in [4.69, 9.17) is 11.6 Å². The van der Waals surface area contributed by atoms with Crippen LogP contribution in [-0.2, 0) is 0 Å². The van der Waals surface area contributed by atoms with E-state index < -0.39 is 0 Å². The molecule has 0 bridgehead atoms. The number of alkyl halides is 1. The van der Waals surface area contributed by atoms with Crippen LogP contribution >= 0.6 is 11.6 Å². The van der Waals surface area contributed by atoms with Crippen LogP contribution in [0.3, 0.4) is 0 Å². The van der Waals surface area contributed by atoms with E-state index in [-0.39, 0.29) is 0 Å². The van der Waals surface area contributed by atoms with Crippen molar-refractivity contribution >= 4 is 11.6 Å². The molecule has 0 rings (SSSR count). The highest BCUT2D eigenvalue weighted by Crippen LogP contribution is 2.23. The molecule has 0 radical (unpaired) electrons. The van der Waals surface area contributed by atoms with Gasteiger partial charge in [-0.25, -0.2) is 0 Å². The molecule has 11 heavy (non-hydrogen) atoms. The summed E-state index contributed by atoms with van der Waals surface area (Å²) in [5.41, 5.74) is 0. The molecule has 0 fully saturated rings. The molecule has 2 atom stereocenters. The third kappa shape index (κ3) is 4.68. The summed E-state index contributed by atoms with van der Waals surface area (Å²) in [7, 11) is 0. The van der Waals surface area contributed by atoms with E-state index in [2.05, 4.69) is 27.7 Å². The van der Waals surface area contributed by atoms with Gasteiger partial charge < -0.3 is 0 Å². The SMILES string of the molecule is CCC(Cl)CC(CC)C(C)C. The van der Waals surface area contributed by atoms with Crippen molar-refractivity contribution in [3.8, 4) is 0 Å². The monoisotopic (exact) mass is 176 g/mol. The zero-order chi connectivity index (χ0) is 8.85. The average molecular weight is 177 g/mol. The third-order valence-electron chi connectivity index (χ3n) is 2.47. The lowest BCUT2D eigenvalue weighted by molar-refractivity contribution is 0.342. The van der Waals surface area contributed by atoms with E-state index in [1.807, 2.05) is 0 Å². The first-order chi connectivity index (χ1) is 5.11. The molecule has 0 aromatic heterocycles. The van der Waals surface area contributed by atoms with Crippen LogP contribution in [-0.4, -0.2) is 5.38 Å². The highest BCUT2D eigenvalue weighted by atomic mass is 35.5. The van der Waals surface area contributed by atoms with E-state index in [1.165, 1.54) is 12.8 Å². The van der Waals surface area contributed by atoms with Crippen molar-refractivity contribution in [2.24, 2.45) is 11.8 Å². The molecular weight excluding hydrogens is 156 g/mol. The largest absolute Gasteiger partial charge is 0.123 e. The highest BCUT2D eigenvalue weighted by Gasteiger charge is 2.14. The Hall–Kier alpha value is 0.290. The van der Waals surface area contributed by atoms with Crippen LogP contribution in [0.4, 0.5) is 0 Å².